The van der Waals surface area contributed by atoms with Gasteiger partial charge in [-0.2, -0.15) is 0 Å². The number of nitrogens with zero attached hydrogens (tertiary/aromatic N) is 1. The van der Waals surface area contributed by atoms with Gasteiger partial charge in [-0.15, -0.1) is 24.0 Å². The standard InChI is InChI=1S/C16H26FN3O2.HI/c17-8-4-9-18-16(19-10-7-14-6-3-12-21-14)20-13-15-5-1-2-11-22-15;/h3,6,12,15H,1-2,4-5,7-11,13H2,(H2,18,19,20);1H. The van der Waals surface area contributed by atoms with Gasteiger partial charge in [0.2, 0.25) is 0 Å². The van der Waals surface area contributed by atoms with Crippen molar-refractivity contribution in [1.29, 1.82) is 0 Å². The molecule has 1 aromatic heterocycles. The molecular formula is C16H27FIN3O2. The van der Waals surface area contributed by atoms with Crippen molar-refractivity contribution in [3.8, 4) is 0 Å². The minimum Gasteiger partial charge on any atom is -0.469 e. The van der Waals surface area contributed by atoms with E-state index in [0.29, 0.717) is 25.5 Å². The second kappa shape index (κ2) is 12.6. The van der Waals surface area contributed by atoms with Gasteiger partial charge in [0.15, 0.2) is 5.96 Å². The molecule has 2 rings (SSSR count). The van der Waals surface area contributed by atoms with Crippen LogP contribution in [0.3, 0.4) is 0 Å². The molecule has 0 saturated carbocycles. The molecule has 0 bridgehead atoms. The van der Waals surface area contributed by atoms with E-state index >= 15 is 0 Å². The monoisotopic (exact) mass is 439 g/mol. The zero-order valence-electron chi connectivity index (χ0n) is 13.4. The van der Waals surface area contributed by atoms with Crippen LogP contribution in [-0.4, -0.2) is 45.0 Å². The van der Waals surface area contributed by atoms with Crippen LogP contribution in [0.15, 0.2) is 27.8 Å². The smallest absolute Gasteiger partial charge is 0.191 e. The van der Waals surface area contributed by atoms with Gasteiger partial charge in [0.25, 0.3) is 0 Å². The van der Waals surface area contributed by atoms with Gasteiger partial charge in [-0.3, -0.25) is 9.38 Å². The topological polar surface area (TPSA) is 58.8 Å². The maximum atomic E-state index is 12.2. The molecule has 1 fully saturated rings. The summed E-state index contributed by atoms with van der Waals surface area (Å²) >= 11 is 0. The van der Waals surface area contributed by atoms with Crippen LogP contribution in [0.1, 0.15) is 31.4 Å². The van der Waals surface area contributed by atoms with E-state index in [1.807, 2.05) is 12.1 Å². The molecular weight excluding hydrogens is 412 g/mol. The zero-order valence-corrected chi connectivity index (χ0v) is 15.8. The first-order valence-corrected chi connectivity index (χ1v) is 8.10. The van der Waals surface area contributed by atoms with E-state index in [9.17, 15) is 4.39 Å². The van der Waals surface area contributed by atoms with Crippen molar-refractivity contribution < 1.29 is 13.5 Å². The van der Waals surface area contributed by atoms with Gasteiger partial charge in [0.05, 0.1) is 25.6 Å². The van der Waals surface area contributed by atoms with Gasteiger partial charge in [-0.1, -0.05) is 0 Å². The first-order chi connectivity index (χ1) is 10.9. The molecule has 1 aliphatic heterocycles. The Bertz CT molecular complexity index is 423. The Kier molecular flexibility index (Phi) is 11.1. The van der Waals surface area contributed by atoms with E-state index in [1.165, 1.54) is 6.42 Å². The summed E-state index contributed by atoms with van der Waals surface area (Å²) in [6.45, 7) is 2.45. The van der Waals surface area contributed by atoms with Gasteiger partial charge in [0.1, 0.15) is 5.76 Å². The Hall–Kier alpha value is -0.830. The lowest BCUT2D eigenvalue weighted by Gasteiger charge is -2.21. The van der Waals surface area contributed by atoms with Gasteiger partial charge in [-0.05, 0) is 37.8 Å². The Morgan fingerprint density at radius 3 is 2.87 bits per heavy atom. The minimum absolute atomic E-state index is 0. The third kappa shape index (κ3) is 8.55. The second-order valence-electron chi connectivity index (χ2n) is 5.40. The SMILES string of the molecule is FCCCNC(=NCC1CCCCO1)NCCc1ccco1.I. The average molecular weight is 439 g/mol. The molecule has 1 saturated heterocycles. The predicted octanol–water partition coefficient (Wildman–Crippen LogP) is 2.90. The summed E-state index contributed by atoms with van der Waals surface area (Å²) in [4.78, 5) is 4.55. The van der Waals surface area contributed by atoms with Crippen molar-refractivity contribution in [2.75, 3.05) is 32.9 Å². The first-order valence-electron chi connectivity index (χ1n) is 8.10. The lowest BCUT2D eigenvalue weighted by molar-refractivity contribution is 0.0224. The van der Waals surface area contributed by atoms with Gasteiger partial charge in [-0.25, -0.2) is 0 Å². The highest BCUT2D eigenvalue weighted by atomic mass is 127. The van der Waals surface area contributed by atoms with Crippen molar-refractivity contribution >= 4 is 29.9 Å². The molecule has 0 radical (unpaired) electrons. The van der Waals surface area contributed by atoms with Gasteiger partial charge in [0, 0.05) is 26.1 Å². The number of guanidine groups is 1. The molecule has 0 amide bonds. The molecule has 2 N–H and O–H groups in total. The van der Waals surface area contributed by atoms with E-state index in [0.717, 1.165) is 38.2 Å². The third-order valence-electron chi connectivity index (χ3n) is 3.57. The van der Waals surface area contributed by atoms with Crippen LogP contribution in [0.5, 0.6) is 0 Å². The molecule has 1 unspecified atom stereocenters. The summed E-state index contributed by atoms with van der Waals surface area (Å²) in [5.41, 5.74) is 0. The number of halogens is 2. The maximum absolute atomic E-state index is 12.2. The molecule has 132 valence electrons. The van der Waals surface area contributed by atoms with E-state index in [1.54, 1.807) is 6.26 Å². The molecule has 23 heavy (non-hydrogen) atoms. The highest BCUT2D eigenvalue weighted by Gasteiger charge is 2.13. The van der Waals surface area contributed by atoms with Crippen LogP contribution in [0, 0.1) is 0 Å². The summed E-state index contributed by atoms with van der Waals surface area (Å²) < 4.78 is 23.2. The van der Waals surface area contributed by atoms with Crippen LogP contribution in [-0.2, 0) is 11.2 Å². The predicted molar refractivity (Wildman–Crippen MR) is 100 cm³/mol. The van der Waals surface area contributed by atoms with Crippen LogP contribution >= 0.6 is 24.0 Å². The number of rotatable bonds is 8. The Morgan fingerprint density at radius 2 is 2.17 bits per heavy atom. The molecule has 0 aliphatic carbocycles. The molecule has 2 heterocycles. The molecule has 0 aromatic carbocycles. The number of alkyl halides is 1. The number of hydrogen-bond acceptors (Lipinski definition) is 3. The van der Waals surface area contributed by atoms with Crippen LogP contribution in [0.25, 0.3) is 0 Å². The fourth-order valence-electron chi connectivity index (χ4n) is 2.35. The summed E-state index contributed by atoms with van der Waals surface area (Å²) in [6, 6.07) is 3.83. The number of ether oxygens (including phenoxy) is 1. The number of hydrogen-bond donors (Lipinski definition) is 2. The zero-order chi connectivity index (χ0) is 15.5. The van der Waals surface area contributed by atoms with Crippen LogP contribution < -0.4 is 10.6 Å². The lowest BCUT2D eigenvalue weighted by atomic mass is 10.1. The van der Waals surface area contributed by atoms with Gasteiger partial charge < -0.3 is 19.8 Å². The van der Waals surface area contributed by atoms with Crippen molar-refractivity contribution in [3.63, 3.8) is 0 Å². The molecule has 1 atom stereocenters. The van der Waals surface area contributed by atoms with Crippen molar-refractivity contribution in [2.45, 2.75) is 38.2 Å². The van der Waals surface area contributed by atoms with E-state index in [4.69, 9.17) is 9.15 Å². The molecule has 1 aliphatic rings. The molecule has 0 spiro atoms. The fraction of sp³-hybridized carbons (Fsp3) is 0.688. The highest BCUT2D eigenvalue weighted by Crippen LogP contribution is 2.12. The Labute approximate surface area is 154 Å². The minimum atomic E-state index is -0.321. The highest BCUT2D eigenvalue weighted by molar-refractivity contribution is 14.0. The quantitative estimate of drug-likeness (QED) is 0.283. The first kappa shape index (κ1) is 20.2. The maximum Gasteiger partial charge on any atom is 0.191 e. The summed E-state index contributed by atoms with van der Waals surface area (Å²) in [7, 11) is 0. The van der Waals surface area contributed by atoms with E-state index < -0.39 is 0 Å². The summed E-state index contributed by atoms with van der Waals surface area (Å²) in [5.74, 6) is 1.65. The normalized spacial score (nSPS) is 18.3. The third-order valence-corrected chi connectivity index (χ3v) is 3.57. The van der Waals surface area contributed by atoms with E-state index in [-0.39, 0.29) is 36.8 Å². The molecule has 5 nitrogen and oxygen atoms in total. The number of furan rings is 1. The Morgan fingerprint density at radius 1 is 1.30 bits per heavy atom. The second-order valence-corrected chi connectivity index (χ2v) is 5.40. The van der Waals surface area contributed by atoms with Gasteiger partial charge >= 0.3 is 0 Å². The fourth-order valence-corrected chi connectivity index (χ4v) is 2.35. The van der Waals surface area contributed by atoms with Crippen molar-refractivity contribution in [2.24, 2.45) is 4.99 Å². The summed E-state index contributed by atoms with van der Waals surface area (Å²) in [6.07, 6.45) is 6.56. The lowest BCUT2D eigenvalue weighted by Crippen LogP contribution is -2.40. The largest absolute Gasteiger partial charge is 0.469 e. The van der Waals surface area contributed by atoms with Crippen LogP contribution in [0.4, 0.5) is 4.39 Å². The van der Waals surface area contributed by atoms with Crippen molar-refractivity contribution in [3.05, 3.63) is 24.2 Å². The average Bonchev–Trinajstić information content (AvgIpc) is 3.06. The summed E-state index contributed by atoms with van der Waals surface area (Å²) in [5, 5.41) is 6.41. The van der Waals surface area contributed by atoms with Crippen LogP contribution in [0.2, 0.25) is 0 Å². The van der Waals surface area contributed by atoms with Crippen molar-refractivity contribution in [1.82, 2.24) is 10.6 Å². The molecule has 7 heteroatoms. The van der Waals surface area contributed by atoms with E-state index in [2.05, 4.69) is 15.6 Å². The number of aliphatic imine (C=N–C) groups is 1. The molecule has 1 aromatic rings. The Balaban J connectivity index is 0.00000264. The number of nitrogens with one attached hydrogen (secondary N) is 2.